The summed E-state index contributed by atoms with van der Waals surface area (Å²) in [6, 6.07) is 62.5. The minimum atomic E-state index is 0.376. The standard InChI is InChI=1S/C48H36N8/c49-45-15-7-8-16-46(45)51-50-37-23-29-42(30-24-37)54(38-11-3-1-4-12-38)40-25-19-35(20-26-40)36-21-27-41(28-22-36)55(39-13-5-2-6-14-39)43-31-33-44(34-32-43)56-52-47-17-9-10-18-48(47)53-56/h1-34,49-50H/b49-45?,51-46-. The summed E-state index contributed by atoms with van der Waals surface area (Å²) in [4.78, 5) is 6.18. The van der Waals surface area contributed by atoms with Crippen molar-refractivity contribution in [1.29, 1.82) is 5.41 Å². The predicted octanol–water partition coefficient (Wildman–Crippen LogP) is 11.9. The number of fused-ring (bicyclic) bond motifs is 1. The third-order valence-electron chi connectivity index (χ3n) is 9.57. The average molecular weight is 725 g/mol. The van der Waals surface area contributed by atoms with E-state index in [-0.39, 0.29) is 0 Å². The van der Waals surface area contributed by atoms with Gasteiger partial charge in [0.25, 0.3) is 0 Å². The molecule has 2 N–H and O–H groups in total. The van der Waals surface area contributed by atoms with E-state index in [4.69, 9.17) is 5.41 Å². The first-order chi connectivity index (χ1) is 27.7. The summed E-state index contributed by atoms with van der Waals surface area (Å²) in [6.07, 6.45) is 7.26. The Kier molecular flexibility index (Phi) is 9.25. The van der Waals surface area contributed by atoms with Gasteiger partial charge in [-0.2, -0.15) is 9.90 Å². The molecule has 1 aromatic heterocycles. The molecule has 9 rings (SSSR count). The van der Waals surface area contributed by atoms with Crippen LogP contribution in [0.1, 0.15) is 0 Å². The van der Waals surface area contributed by atoms with Crippen LogP contribution in [0.2, 0.25) is 0 Å². The SMILES string of the molecule is N=C1C=CC=C/C1=N/Nc1ccc(N(c2ccccc2)c2ccc(-c3ccc(N(c4ccccc4)c4ccc(-n5nc6ccccc6n5)cc4)cc3)cc2)cc1. The van der Waals surface area contributed by atoms with Gasteiger partial charge in [0, 0.05) is 34.1 Å². The molecule has 0 fully saturated rings. The lowest BCUT2D eigenvalue weighted by molar-refractivity contribution is 0.766. The third-order valence-corrected chi connectivity index (χ3v) is 9.57. The molecular formula is C48H36N8. The highest BCUT2D eigenvalue weighted by Crippen LogP contribution is 2.38. The van der Waals surface area contributed by atoms with Crippen LogP contribution in [0.5, 0.6) is 0 Å². The zero-order valence-electron chi connectivity index (χ0n) is 30.3. The van der Waals surface area contributed by atoms with E-state index in [9.17, 15) is 0 Å². The number of para-hydroxylation sites is 2. The first-order valence-electron chi connectivity index (χ1n) is 18.4. The van der Waals surface area contributed by atoms with Crippen molar-refractivity contribution in [3.8, 4) is 16.8 Å². The molecule has 0 radical (unpaired) electrons. The van der Waals surface area contributed by atoms with E-state index >= 15 is 0 Å². The smallest absolute Gasteiger partial charge is 0.113 e. The van der Waals surface area contributed by atoms with Crippen molar-refractivity contribution in [3.63, 3.8) is 0 Å². The highest BCUT2D eigenvalue weighted by Gasteiger charge is 2.15. The van der Waals surface area contributed by atoms with Gasteiger partial charge >= 0.3 is 0 Å². The van der Waals surface area contributed by atoms with Crippen molar-refractivity contribution in [2.45, 2.75) is 0 Å². The third kappa shape index (κ3) is 7.10. The predicted molar refractivity (Wildman–Crippen MR) is 231 cm³/mol. The van der Waals surface area contributed by atoms with E-state index < -0.39 is 0 Å². The Balaban J connectivity index is 0.965. The van der Waals surface area contributed by atoms with Crippen LogP contribution >= 0.6 is 0 Å². The molecule has 0 spiro atoms. The molecule has 268 valence electrons. The first kappa shape index (κ1) is 34.0. The Hall–Kier alpha value is -7.84. The maximum atomic E-state index is 8.07. The molecule has 0 bridgehead atoms. The van der Waals surface area contributed by atoms with E-state index in [2.05, 4.69) is 164 Å². The first-order valence-corrected chi connectivity index (χ1v) is 18.4. The second kappa shape index (κ2) is 15.3. The summed E-state index contributed by atoms with van der Waals surface area (Å²) in [7, 11) is 0. The van der Waals surface area contributed by atoms with Crippen LogP contribution in [-0.2, 0) is 0 Å². The average Bonchev–Trinajstić information content (AvgIpc) is 3.70. The van der Waals surface area contributed by atoms with Crippen LogP contribution in [-0.4, -0.2) is 26.4 Å². The molecule has 1 aliphatic rings. The van der Waals surface area contributed by atoms with Gasteiger partial charge < -0.3 is 9.80 Å². The number of benzene rings is 7. The number of hydrogen-bond acceptors (Lipinski definition) is 7. The van der Waals surface area contributed by atoms with Gasteiger partial charge in [0.2, 0.25) is 0 Å². The molecule has 1 aliphatic carbocycles. The van der Waals surface area contributed by atoms with Crippen LogP contribution in [0.4, 0.5) is 39.8 Å². The van der Waals surface area contributed by atoms with Gasteiger partial charge in [-0.15, -0.1) is 10.2 Å². The van der Waals surface area contributed by atoms with E-state index in [0.29, 0.717) is 11.4 Å². The summed E-state index contributed by atoms with van der Waals surface area (Å²) in [5.41, 5.74) is 16.1. The fourth-order valence-corrected chi connectivity index (χ4v) is 6.75. The minimum Gasteiger partial charge on any atom is -0.311 e. The normalized spacial score (nSPS) is 12.9. The van der Waals surface area contributed by atoms with E-state index in [1.807, 2.05) is 66.8 Å². The molecular weight excluding hydrogens is 689 g/mol. The Morgan fingerprint density at radius 3 is 1.34 bits per heavy atom. The minimum absolute atomic E-state index is 0.376. The van der Waals surface area contributed by atoms with Crippen molar-refractivity contribution in [1.82, 2.24) is 15.0 Å². The van der Waals surface area contributed by atoms with Crippen molar-refractivity contribution in [3.05, 3.63) is 206 Å². The highest BCUT2D eigenvalue weighted by molar-refractivity contribution is 6.50. The highest BCUT2D eigenvalue weighted by atomic mass is 15.5. The summed E-state index contributed by atoms with van der Waals surface area (Å²) in [5.74, 6) is 0. The van der Waals surface area contributed by atoms with Gasteiger partial charge in [-0.3, -0.25) is 10.8 Å². The number of nitrogens with one attached hydrogen (secondary N) is 2. The van der Waals surface area contributed by atoms with Crippen LogP contribution in [0.25, 0.3) is 27.8 Å². The monoisotopic (exact) mass is 724 g/mol. The number of anilines is 7. The van der Waals surface area contributed by atoms with Crippen LogP contribution in [0.3, 0.4) is 0 Å². The van der Waals surface area contributed by atoms with Crippen molar-refractivity contribution >= 4 is 62.3 Å². The molecule has 0 aliphatic heterocycles. The molecule has 8 nitrogen and oxygen atoms in total. The number of nitrogens with zero attached hydrogens (tertiary/aromatic N) is 6. The summed E-state index contributed by atoms with van der Waals surface area (Å²) >= 11 is 0. The topological polar surface area (TPSA) is 85.4 Å². The van der Waals surface area contributed by atoms with Gasteiger partial charge in [0.05, 0.1) is 17.1 Å². The Labute approximate surface area is 325 Å². The lowest BCUT2D eigenvalue weighted by Crippen LogP contribution is -2.12. The molecule has 7 aromatic carbocycles. The number of aromatic nitrogens is 3. The van der Waals surface area contributed by atoms with Gasteiger partial charge in [0.15, 0.2) is 0 Å². The summed E-state index contributed by atoms with van der Waals surface area (Å²) in [5, 5.41) is 21.8. The molecule has 8 heteroatoms. The molecule has 0 saturated heterocycles. The van der Waals surface area contributed by atoms with Gasteiger partial charge in [-0.1, -0.05) is 84.9 Å². The number of hydrazone groups is 1. The summed E-state index contributed by atoms with van der Waals surface area (Å²) < 4.78 is 0. The zero-order valence-corrected chi connectivity index (χ0v) is 30.3. The van der Waals surface area contributed by atoms with Crippen LogP contribution in [0, 0.1) is 5.41 Å². The fraction of sp³-hybridized carbons (Fsp3) is 0. The largest absolute Gasteiger partial charge is 0.311 e. The molecule has 0 amide bonds. The second-order valence-electron chi connectivity index (χ2n) is 13.2. The molecule has 0 atom stereocenters. The number of allylic oxidation sites excluding steroid dienone is 4. The Bertz CT molecular complexity index is 2660. The maximum absolute atomic E-state index is 8.07. The molecule has 1 heterocycles. The van der Waals surface area contributed by atoms with Gasteiger partial charge in [-0.25, -0.2) is 0 Å². The van der Waals surface area contributed by atoms with E-state index in [0.717, 1.165) is 67.7 Å². The fourth-order valence-electron chi connectivity index (χ4n) is 6.75. The maximum Gasteiger partial charge on any atom is 0.113 e. The Morgan fingerprint density at radius 2 is 0.857 bits per heavy atom. The lowest BCUT2D eigenvalue weighted by atomic mass is 10.0. The molecule has 0 saturated carbocycles. The molecule has 56 heavy (non-hydrogen) atoms. The van der Waals surface area contributed by atoms with Gasteiger partial charge in [0.1, 0.15) is 16.7 Å². The van der Waals surface area contributed by atoms with E-state index in [1.165, 1.54) is 0 Å². The van der Waals surface area contributed by atoms with Crippen molar-refractivity contribution in [2.24, 2.45) is 5.10 Å². The second-order valence-corrected chi connectivity index (χ2v) is 13.2. The van der Waals surface area contributed by atoms with Crippen LogP contribution < -0.4 is 15.2 Å². The quantitative estimate of drug-likeness (QED) is 0.108. The zero-order chi connectivity index (χ0) is 37.7. The summed E-state index contributed by atoms with van der Waals surface area (Å²) in [6.45, 7) is 0. The molecule has 8 aromatic rings. The van der Waals surface area contributed by atoms with Gasteiger partial charge in [-0.05, 0) is 132 Å². The van der Waals surface area contributed by atoms with Crippen LogP contribution in [0.15, 0.2) is 211 Å². The number of rotatable bonds is 10. The van der Waals surface area contributed by atoms with Crippen molar-refractivity contribution in [2.75, 3.05) is 15.2 Å². The van der Waals surface area contributed by atoms with E-state index in [1.54, 1.807) is 10.9 Å². The lowest BCUT2D eigenvalue weighted by Gasteiger charge is -2.26. The Morgan fingerprint density at radius 1 is 0.446 bits per heavy atom. The van der Waals surface area contributed by atoms with Crippen molar-refractivity contribution < 1.29 is 0 Å². The molecule has 0 unspecified atom stereocenters. The number of hydrogen-bond donors (Lipinski definition) is 2.